The van der Waals surface area contributed by atoms with Crippen molar-refractivity contribution in [3.05, 3.63) is 0 Å². The molecule has 0 N–H and O–H groups in total. The minimum atomic E-state index is -0.0772. The Labute approximate surface area is 61.6 Å². The molecule has 1 saturated heterocycles. The normalized spacial score (nSPS) is 26.0. The van der Waals surface area contributed by atoms with Crippen molar-refractivity contribution >= 4 is 5.78 Å². The van der Waals surface area contributed by atoms with E-state index in [4.69, 9.17) is 4.74 Å². The largest absolute Gasteiger partial charge is 0.375 e. The summed E-state index contributed by atoms with van der Waals surface area (Å²) in [5.41, 5.74) is -0.0772. The molecule has 0 radical (unpaired) electrons. The first-order chi connectivity index (χ1) is 4.60. The number of carbonyl (C=O) groups excluding carboxylic acids is 1. The smallest absolute Gasteiger partial charge is 0.135 e. The summed E-state index contributed by atoms with van der Waals surface area (Å²) in [6, 6.07) is 0. The first-order valence-corrected chi connectivity index (χ1v) is 3.76. The molecular formula is C8H14O2. The zero-order valence-electron chi connectivity index (χ0n) is 6.64. The fourth-order valence-corrected chi connectivity index (χ4v) is 1.08. The van der Waals surface area contributed by atoms with Gasteiger partial charge in [0.1, 0.15) is 5.78 Å². The second kappa shape index (κ2) is 2.70. The van der Waals surface area contributed by atoms with Gasteiger partial charge < -0.3 is 4.74 Å². The predicted octanol–water partition coefficient (Wildman–Crippen LogP) is 1.53. The average Bonchev–Trinajstić information content (AvgIpc) is 1.94. The molecule has 1 rings (SSSR count). The van der Waals surface area contributed by atoms with Gasteiger partial charge in [0, 0.05) is 12.8 Å². The maximum absolute atomic E-state index is 10.9. The number of ether oxygens (including phenoxy) is 1. The summed E-state index contributed by atoms with van der Waals surface area (Å²) in [4.78, 5) is 10.9. The molecule has 0 aromatic carbocycles. The minimum absolute atomic E-state index is 0.0772. The third-order valence-corrected chi connectivity index (χ3v) is 1.88. The number of Topliss-reactive ketones (excluding diaryl/α,β-unsaturated/α-hetero) is 1. The third kappa shape index (κ3) is 2.10. The Hall–Kier alpha value is -0.370. The van der Waals surface area contributed by atoms with Crippen LogP contribution >= 0.6 is 0 Å². The van der Waals surface area contributed by atoms with Crippen LogP contribution in [-0.2, 0) is 9.53 Å². The molecule has 2 heteroatoms. The molecule has 0 unspecified atom stereocenters. The van der Waals surface area contributed by atoms with Gasteiger partial charge >= 0.3 is 0 Å². The van der Waals surface area contributed by atoms with E-state index in [0.29, 0.717) is 25.2 Å². The van der Waals surface area contributed by atoms with Gasteiger partial charge in [-0.05, 0) is 20.3 Å². The Balaban J connectivity index is 2.48. The summed E-state index contributed by atoms with van der Waals surface area (Å²) < 4.78 is 5.44. The first kappa shape index (κ1) is 7.73. The van der Waals surface area contributed by atoms with Crippen molar-refractivity contribution in [3.63, 3.8) is 0 Å². The van der Waals surface area contributed by atoms with Gasteiger partial charge in [-0.2, -0.15) is 0 Å². The lowest BCUT2D eigenvalue weighted by Crippen LogP contribution is -2.22. The molecular weight excluding hydrogens is 128 g/mol. The molecule has 0 aromatic rings. The summed E-state index contributed by atoms with van der Waals surface area (Å²) in [5, 5.41) is 0. The molecule has 0 bridgehead atoms. The monoisotopic (exact) mass is 142 g/mol. The average molecular weight is 142 g/mol. The van der Waals surface area contributed by atoms with E-state index in [-0.39, 0.29) is 5.60 Å². The summed E-state index contributed by atoms with van der Waals surface area (Å²) in [6.07, 6.45) is 2.16. The van der Waals surface area contributed by atoms with Crippen LogP contribution in [0.25, 0.3) is 0 Å². The Bertz CT molecular complexity index is 138. The third-order valence-electron chi connectivity index (χ3n) is 1.88. The van der Waals surface area contributed by atoms with Gasteiger partial charge in [-0.15, -0.1) is 0 Å². The quantitative estimate of drug-likeness (QED) is 0.512. The lowest BCUT2D eigenvalue weighted by atomic mass is 10.0. The van der Waals surface area contributed by atoms with Gasteiger partial charge in [-0.25, -0.2) is 0 Å². The summed E-state index contributed by atoms with van der Waals surface area (Å²) in [6.45, 7) is 4.67. The molecule has 2 nitrogen and oxygen atoms in total. The summed E-state index contributed by atoms with van der Waals surface area (Å²) in [7, 11) is 0. The van der Waals surface area contributed by atoms with Crippen LogP contribution < -0.4 is 0 Å². The summed E-state index contributed by atoms with van der Waals surface area (Å²) >= 11 is 0. The lowest BCUT2D eigenvalue weighted by molar-refractivity contribution is -0.119. The van der Waals surface area contributed by atoms with E-state index in [1.54, 1.807) is 0 Å². The number of ketones is 1. The van der Waals surface area contributed by atoms with Crippen LogP contribution in [0.4, 0.5) is 0 Å². The second-order valence-electron chi connectivity index (χ2n) is 3.40. The molecule has 1 aliphatic heterocycles. The maximum Gasteiger partial charge on any atom is 0.135 e. The van der Waals surface area contributed by atoms with Crippen LogP contribution in [0.1, 0.15) is 33.1 Å². The van der Waals surface area contributed by atoms with Gasteiger partial charge in [0.25, 0.3) is 0 Å². The fraction of sp³-hybridized carbons (Fsp3) is 0.875. The van der Waals surface area contributed by atoms with Crippen LogP contribution in [-0.4, -0.2) is 18.0 Å². The Kier molecular flexibility index (Phi) is 2.09. The molecule has 58 valence electrons. The Morgan fingerprint density at radius 2 is 2.10 bits per heavy atom. The van der Waals surface area contributed by atoms with Crippen LogP contribution in [0.15, 0.2) is 0 Å². The first-order valence-electron chi connectivity index (χ1n) is 3.76. The van der Waals surface area contributed by atoms with E-state index in [1.165, 1.54) is 0 Å². The minimum Gasteiger partial charge on any atom is -0.375 e. The molecule has 0 spiro atoms. The number of rotatable bonds is 0. The molecule has 1 fully saturated rings. The van der Waals surface area contributed by atoms with Gasteiger partial charge in [0.05, 0.1) is 12.2 Å². The number of carbonyl (C=O) groups is 1. The van der Waals surface area contributed by atoms with E-state index in [0.717, 1.165) is 6.42 Å². The van der Waals surface area contributed by atoms with E-state index < -0.39 is 0 Å². The van der Waals surface area contributed by atoms with Crippen molar-refractivity contribution in [2.24, 2.45) is 0 Å². The standard InChI is InChI=1S/C8H14O2/c1-8(2)5-3-7(9)4-6-10-8/h3-6H2,1-2H3. The van der Waals surface area contributed by atoms with Crippen molar-refractivity contribution in [1.29, 1.82) is 0 Å². The molecule has 1 aliphatic rings. The topological polar surface area (TPSA) is 26.3 Å². The second-order valence-corrected chi connectivity index (χ2v) is 3.40. The SMILES string of the molecule is CC1(C)CCC(=O)CCO1. The number of hydrogen-bond donors (Lipinski definition) is 0. The highest BCUT2D eigenvalue weighted by Gasteiger charge is 2.23. The molecule has 0 aromatic heterocycles. The predicted molar refractivity (Wildman–Crippen MR) is 38.9 cm³/mol. The molecule has 0 atom stereocenters. The van der Waals surface area contributed by atoms with Gasteiger partial charge in [-0.3, -0.25) is 4.79 Å². The van der Waals surface area contributed by atoms with Crippen molar-refractivity contribution in [2.75, 3.05) is 6.61 Å². The lowest BCUT2D eigenvalue weighted by Gasteiger charge is -2.21. The van der Waals surface area contributed by atoms with Crippen LogP contribution in [0.5, 0.6) is 0 Å². The molecule has 1 heterocycles. The Morgan fingerprint density at radius 1 is 1.40 bits per heavy atom. The molecule has 0 aliphatic carbocycles. The Morgan fingerprint density at radius 3 is 2.80 bits per heavy atom. The summed E-state index contributed by atoms with van der Waals surface area (Å²) in [5.74, 6) is 0.338. The maximum atomic E-state index is 10.9. The zero-order chi connectivity index (χ0) is 7.61. The van der Waals surface area contributed by atoms with E-state index >= 15 is 0 Å². The van der Waals surface area contributed by atoms with E-state index in [1.807, 2.05) is 13.8 Å². The van der Waals surface area contributed by atoms with Gasteiger partial charge in [0.15, 0.2) is 0 Å². The van der Waals surface area contributed by atoms with Gasteiger partial charge in [-0.1, -0.05) is 0 Å². The highest BCUT2D eigenvalue weighted by atomic mass is 16.5. The van der Waals surface area contributed by atoms with Crippen LogP contribution in [0.2, 0.25) is 0 Å². The number of hydrogen-bond acceptors (Lipinski definition) is 2. The van der Waals surface area contributed by atoms with Crippen molar-refractivity contribution < 1.29 is 9.53 Å². The van der Waals surface area contributed by atoms with Crippen LogP contribution in [0, 0.1) is 0 Å². The van der Waals surface area contributed by atoms with Crippen molar-refractivity contribution in [1.82, 2.24) is 0 Å². The molecule has 10 heavy (non-hydrogen) atoms. The van der Waals surface area contributed by atoms with Gasteiger partial charge in [0.2, 0.25) is 0 Å². The highest BCUT2D eigenvalue weighted by Crippen LogP contribution is 2.20. The van der Waals surface area contributed by atoms with Crippen LogP contribution in [0.3, 0.4) is 0 Å². The highest BCUT2D eigenvalue weighted by molar-refractivity contribution is 5.78. The van der Waals surface area contributed by atoms with E-state index in [2.05, 4.69) is 0 Å². The van der Waals surface area contributed by atoms with E-state index in [9.17, 15) is 4.79 Å². The van der Waals surface area contributed by atoms with Crippen molar-refractivity contribution in [2.45, 2.75) is 38.7 Å². The van der Waals surface area contributed by atoms with Crippen molar-refractivity contribution in [3.8, 4) is 0 Å². The molecule has 0 saturated carbocycles. The molecule has 0 amide bonds. The zero-order valence-corrected chi connectivity index (χ0v) is 6.64. The fourth-order valence-electron chi connectivity index (χ4n) is 1.08.